The Kier molecular flexibility index (Phi) is 3.89. The van der Waals surface area contributed by atoms with Crippen LogP contribution in [0.4, 0.5) is 5.69 Å². The van der Waals surface area contributed by atoms with Gasteiger partial charge in [-0.25, -0.2) is 0 Å². The molecule has 3 nitrogen and oxygen atoms in total. The van der Waals surface area contributed by atoms with E-state index >= 15 is 0 Å². The second kappa shape index (κ2) is 5.21. The predicted molar refractivity (Wildman–Crippen MR) is 68.0 cm³/mol. The Morgan fingerprint density at radius 3 is 2.12 bits per heavy atom. The minimum atomic E-state index is -2.32. The van der Waals surface area contributed by atoms with Crippen LogP contribution in [0.1, 0.15) is 0 Å². The monoisotopic (exact) mass is 283 g/mol. The van der Waals surface area contributed by atoms with Gasteiger partial charge in [0, 0.05) is 0 Å². The summed E-state index contributed by atoms with van der Waals surface area (Å²) in [6.07, 6.45) is 0. The first-order valence-electron chi connectivity index (χ1n) is 5.75. The predicted octanol–water partition coefficient (Wildman–Crippen LogP) is 2.24. The van der Waals surface area contributed by atoms with Crippen LogP contribution in [0.25, 0.3) is 0 Å². The van der Waals surface area contributed by atoms with Crippen LogP contribution in [0.5, 0.6) is 0 Å². The Morgan fingerprint density at radius 2 is 1.56 bits per heavy atom. The first-order valence-corrected chi connectivity index (χ1v) is 11.7. The fourth-order valence-electron chi connectivity index (χ4n) is 1.85. The van der Waals surface area contributed by atoms with Gasteiger partial charge >= 0.3 is 100 Å². The van der Waals surface area contributed by atoms with Gasteiger partial charge in [-0.1, -0.05) is 0 Å². The molecular weight excluding hydrogens is 263 g/mol. The number of rotatable bonds is 1. The van der Waals surface area contributed by atoms with Crippen LogP contribution in [-0.4, -0.2) is 40.2 Å². The molecule has 0 bridgehead atoms. The first-order chi connectivity index (χ1) is 7.67. The standard InChI is InChI=1S/C12H19GeNO2/c1-13(2)15-10-8-14(9-11-16-13)12-6-4-3-5-7-12/h3-7H,8-11H2,1-2H3. The van der Waals surface area contributed by atoms with E-state index in [9.17, 15) is 0 Å². The average Bonchev–Trinajstić information content (AvgIpc) is 2.25. The van der Waals surface area contributed by atoms with Gasteiger partial charge in [0.05, 0.1) is 0 Å². The summed E-state index contributed by atoms with van der Waals surface area (Å²) in [6, 6.07) is 10.4. The van der Waals surface area contributed by atoms with Crippen LogP contribution in [0.3, 0.4) is 0 Å². The van der Waals surface area contributed by atoms with Crippen molar-refractivity contribution in [3.63, 3.8) is 0 Å². The third kappa shape index (κ3) is 3.24. The fraction of sp³-hybridized carbons (Fsp3) is 0.500. The van der Waals surface area contributed by atoms with E-state index in [0.717, 1.165) is 26.3 Å². The van der Waals surface area contributed by atoms with Crippen molar-refractivity contribution in [3.8, 4) is 0 Å². The van der Waals surface area contributed by atoms with Crippen LogP contribution in [0, 0.1) is 0 Å². The molecule has 1 saturated heterocycles. The molecule has 4 heteroatoms. The molecule has 1 aromatic carbocycles. The van der Waals surface area contributed by atoms with E-state index in [0.29, 0.717) is 0 Å². The zero-order chi connectivity index (χ0) is 11.4. The summed E-state index contributed by atoms with van der Waals surface area (Å²) in [5, 5.41) is 0. The second-order valence-electron chi connectivity index (χ2n) is 4.42. The van der Waals surface area contributed by atoms with Crippen LogP contribution < -0.4 is 4.90 Å². The van der Waals surface area contributed by atoms with Gasteiger partial charge in [0.15, 0.2) is 0 Å². The van der Waals surface area contributed by atoms with E-state index in [2.05, 4.69) is 40.7 Å². The van der Waals surface area contributed by atoms with Crippen molar-refractivity contribution >= 4 is 19.6 Å². The third-order valence-corrected chi connectivity index (χ3v) is 6.52. The van der Waals surface area contributed by atoms with Crippen LogP contribution >= 0.6 is 0 Å². The fourth-order valence-corrected chi connectivity index (χ4v) is 4.47. The van der Waals surface area contributed by atoms with E-state index in [1.54, 1.807) is 0 Å². The third-order valence-electron chi connectivity index (χ3n) is 2.74. The second-order valence-corrected chi connectivity index (χ2v) is 11.5. The van der Waals surface area contributed by atoms with Crippen molar-refractivity contribution in [3.05, 3.63) is 30.3 Å². The summed E-state index contributed by atoms with van der Waals surface area (Å²) in [4.78, 5) is 2.32. The zero-order valence-electron chi connectivity index (χ0n) is 9.98. The molecule has 16 heavy (non-hydrogen) atoms. The number of benzene rings is 1. The maximum absolute atomic E-state index is 5.85. The molecule has 0 N–H and O–H groups in total. The number of hydrogen-bond donors (Lipinski definition) is 0. The van der Waals surface area contributed by atoms with Crippen molar-refractivity contribution in [2.75, 3.05) is 31.2 Å². The Labute approximate surface area is 100 Å². The van der Waals surface area contributed by atoms with Gasteiger partial charge in [0.2, 0.25) is 0 Å². The SMILES string of the molecule is [CH3][Ge]1([CH3])[O]CCN(c2ccccc2)CC[O]1. The van der Waals surface area contributed by atoms with Crippen LogP contribution in [-0.2, 0) is 7.53 Å². The molecule has 1 aliphatic rings. The van der Waals surface area contributed by atoms with Crippen molar-refractivity contribution in [2.24, 2.45) is 0 Å². The topological polar surface area (TPSA) is 21.7 Å². The summed E-state index contributed by atoms with van der Waals surface area (Å²) in [6.45, 7) is 3.48. The Bertz CT molecular complexity index is 317. The molecule has 0 aromatic heterocycles. The first kappa shape index (κ1) is 12.0. The van der Waals surface area contributed by atoms with Crippen molar-refractivity contribution in [1.29, 1.82) is 0 Å². The van der Waals surface area contributed by atoms with Crippen molar-refractivity contribution < 1.29 is 7.53 Å². The van der Waals surface area contributed by atoms with E-state index in [-0.39, 0.29) is 0 Å². The number of nitrogens with zero attached hydrogens (tertiary/aromatic N) is 1. The molecule has 0 aliphatic carbocycles. The van der Waals surface area contributed by atoms with Gasteiger partial charge in [0.25, 0.3) is 0 Å². The van der Waals surface area contributed by atoms with E-state index in [1.807, 2.05) is 6.07 Å². The summed E-state index contributed by atoms with van der Waals surface area (Å²) in [5.74, 6) is 4.30. The minimum absolute atomic E-state index is 0.780. The molecule has 1 heterocycles. The zero-order valence-corrected chi connectivity index (χ0v) is 12.1. The Hall–Kier alpha value is -0.517. The van der Waals surface area contributed by atoms with Gasteiger partial charge < -0.3 is 0 Å². The molecule has 1 aliphatic heterocycles. The van der Waals surface area contributed by atoms with Crippen molar-refractivity contribution in [2.45, 2.75) is 11.5 Å². The normalized spacial score (nSPS) is 21.2. The maximum atomic E-state index is 5.85. The van der Waals surface area contributed by atoms with Gasteiger partial charge in [0.1, 0.15) is 0 Å². The molecule has 0 spiro atoms. The van der Waals surface area contributed by atoms with Gasteiger partial charge in [-0.3, -0.25) is 0 Å². The van der Waals surface area contributed by atoms with Gasteiger partial charge in [-0.2, -0.15) is 0 Å². The molecule has 0 saturated carbocycles. The molecule has 0 atom stereocenters. The quantitative estimate of drug-likeness (QED) is 0.737. The van der Waals surface area contributed by atoms with Crippen LogP contribution in [0.2, 0.25) is 11.5 Å². The molecule has 0 radical (unpaired) electrons. The summed E-state index contributed by atoms with van der Waals surface area (Å²) in [7, 11) is 0. The van der Waals surface area contributed by atoms with E-state index in [1.165, 1.54) is 5.69 Å². The molecule has 0 unspecified atom stereocenters. The van der Waals surface area contributed by atoms with Crippen molar-refractivity contribution in [1.82, 2.24) is 0 Å². The molecule has 1 fully saturated rings. The van der Waals surface area contributed by atoms with Crippen LogP contribution in [0.15, 0.2) is 30.3 Å². The molecular formula is C12H19GeNO2. The molecule has 88 valence electrons. The number of hydrogen-bond acceptors (Lipinski definition) is 3. The molecule has 1 aromatic rings. The molecule has 0 amide bonds. The Morgan fingerprint density at radius 1 is 1.00 bits per heavy atom. The van der Waals surface area contributed by atoms with E-state index in [4.69, 9.17) is 7.53 Å². The molecule has 2 rings (SSSR count). The summed E-state index contributed by atoms with van der Waals surface area (Å²) in [5.41, 5.74) is 1.25. The van der Waals surface area contributed by atoms with Gasteiger partial charge in [-0.05, 0) is 0 Å². The summed E-state index contributed by atoms with van der Waals surface area (Å²) < 4.78 is 11.7. The Balaban J connectivity index is 1.99. The van der Waals surface area contributed by atoms with Gasteiger partial charge in [-0.15, -0.1) is 0 Å². The number of para-hydroxylation sites is 1. The average molecular weight is 282 g/mol. The number of anilines is 1. The van der Waals surface area contributed by atoms with E-state index < -0.39 is 13.9 Å². The summed E-state index contributed by atoms with van der Waals surface area (Å²) >= 11 is -2.32.